The lowest BCUT2D eigenvalue weighted by atomic mass is 10.3. The van der Waals surface area contributed by atoms with E-state index in [4.69, 9.17) is 0 Å². The second kappa shape index (κ2) is 6.40. The molecule has 0 heterocycles. The van der Waals surface area contributed by atoms with Gasteiger partial charge in [0.2, 0.25) is 0 Å². The van der Waals surface area contributed by atoms with Crippen molar-refractivity contribution in [2.75, 3.05) is 6.54 Å². The zero-order valence-electron chi connectivity index (χ0n) is 7.15. The largest absolute Gasteiger partial charge is 0.391 e. The second-order valence-electron chi connectivity index (χ2n) is 2.53. The van der Waals surface area contributed by atoms with Crippen molar-refractivity contribution < 1.29 is 0 Å². The molecule has 0 unspecified atom stereocenters. The van der Waals surface area contributed by atoms with Crippen LogP contribution in [0, 0.1) is 0 Å². The summed E-state index contributed by atoms with van der Waals surface area (Å²) in [5, 5.41) is 3.21. The molecular weight excluding hydrogens is 122 g/mol. The summed E-state index contributed by atoms with van der Waals surface area (Å²) >= 11 is 0. The summed E-state index contributed by atoms with van der Waals surface area (Å²) in [6.45, 7) is 7.25. The van der Waals surface area contributed by atoms with Crippen molar-refractivity contribution >= 4 is 0 Å². The average Bonchev–Trinajstić information content (AvgIpc) is 1.87. The van der Waals surface area contributed by atoms with E-state index in [1.807, 2.05) is 13.1 Å². The van der Waals surface area contributed by atoms with Crippen LogP contribution in [-0.2, 0) is 0 Å². The molecule has 0 aliphatic carbocycles. The Hall–Kier alpha value is -0.720. The highest BCUT2D eigenvalue weighted by Gasteiger charge is 1.77. The van der Waals surface area contributed by atoms with Crippen LogP contribution in [0.4, 0.5) is 0 Å². The Bertz CT molecular complexity index is 119. The molecule has 1 heteroatoms. The molecule has 0 aliphatic rings. The van der Waals surface area contributed by atoms with Crippen LogP contribution in [0.15, 0.2) is 23.9 Å². The van der Waals surface area contributed by atoms with Gasteiger partial charge in [0.1, 0.15) is 0 Å². The summed E-state index contributed by atoms with van der Waals surface area (Å²) in [6.07, 6.45) is 7.39. The van der Waals surface area contributed by atoms with E-state index in [2.05, 4.69) is 31.3 Å². The van der Waals surface area contributed by atoms with Crippen LogP contribution in [-0.4, -0.2) is 6.54 Å². The molecule has 0 radical (unpaired) electrons. The van der Waals surface area contributed by atoms with Gasteiger partial charge in [0.15, 0.2) is 0 Å². The summed E-state index contributed by atoms with van der Waals surface area (Å²) < 4.78 is 0. The van der Waals surface area contributed by atoms with E-state index in [1.165, 1.54) is 5.57 Å². The van der Waals surface area contributed by atoms with Crippen molar-refractivity contribution in [3.63, 3.8) is 0 Å². The van der Waals surface area contributed by atoms with Gasteiger partial charge in [0.05, 0.1) is 0 Å². The molecule has 0 rings (SSSR count). The van der Waals surface area contributed by atoms with E-state index in [1.54, 1.807) is 0 Å². The first-order valence-electron chi connectivity index (χ1n) is 3.75. The highest BCUT2D eigenvalue weighted by Crippen LogP contribution is 1.85. The van der Waals surface area contributed by atoms with Crippen LogP contribution >= 0.6 is 0 Å². The number of rotatable bonds is 4. The molecule has 0 amide bonds. The fourth-order valence-corrected chi connectivity index (χ4v) is 0.610. The normalized spacial score (nSPS) is 9.90. The third-order valence-corrected chi connectivity index (χ3v) is 1.08. The molecule has 0 saturated carbocycles. The van der Waals surface area contributed by atoms with Gasteiger partial charge in [0, 0.05) is 6.54 Å². The third kappa shape index (κ3) is 7.28. The smallest absolute Gasteiger partial charge is 0.0176 e. The highest BCUT2D eigenvalue weighted by molar-refractivity contribution is 4.91. The van der Waals surface area contributed by atoms with Crippen molar-refractivity contribution in [2.45, 2.75) is 27.2 Å². The lowest BCUT2D eigenvalue weighted by Gasteiger charge is -1.96. The molecular formula is C9H17N. The maximum absolute atomic E-state index is 3.21. The van der Waals surface area contributed by atoms with Crippen LogP contribution in [0.25, 0.3) is 0 Å². The first-order chi connectivity index (χ1) is 4.77. The maximum Gasteiger partial charge on any atom is 0.0176 e. The Morgan fingerprint density at radius 3 is 2.60 bits per heavy atom. The lowest BCUT2D eigenvalue weighted by Crippen LogP contribution is -2.05. The van der Waals surface area contributed by atoms with Crippen molar-refractivity contribution in [3.8, 4) is 0 Å². The number of hydrogen-bond acceptors (Lipinski definition) is 1. The summed E-state index contributed by atoms with van der Waals surface area (Å²) in [6, 6.07) is 0. The van der Waals surface area contributed by atoms with E-state index < -0.39 is 0 Å². The predicted molar refractivity (Wildman–Crippen MR) is 46.9 cm³/mol. The van der Waals surface area contributed by atoms with E-state index in [9.17, 15) is 0 Å². The SMILES string of the molecule is C/C=C\CCNC=C(C)C. The fraction of sp³-hybridized carbons (Fsp3) is 0.556. The molecule has 0 aromatic carbocycles. The molecule has 1 nitrogen and oxygen atoms in total. The molecule has 0 bridgehead atoms. The quantitative estimate of drug-likeness (QED) is 0.466. The van der Waals surface area contributed by atoms with Crippen LogP contribution in [0.1, 0.15) is 27.2 Å². The Morgan fingerprint density at radius 2 is 2.10 bits per heavy atom. The van der Waals surface area contributed by atoms with Crippen LogP contribution in [0.3, 0.4) is 0 Å². The Morgan fingerprint density at radius 1 is 1.40 bits per heavy atom. The van der Waals surface area contributed by atoms with Crippen molar-refractivity contribution in [2.24, 2.45) is 0 Å². The number of hydrogen-bond donors (Lipinski definition) is 1. The van der Waals surface area contributed by atoms with Crippen molar-refractivity contribution in [1.29, 1.82) is 0 Å². The second-order valence-corrected chi connectivity index (χ2v) is 2.53. The first kappa shape index (κ1) is 9.28. The molecule has 58 valence electrons. The fourth-order valence-electron chi connectivity index (χ4n) is 0.610. The van der Waals surface area contributed by atoms with E-state index in [-0.39, 0.29) is 0 Å². The molecule has 0 fully saturated rings. The van der Waals surface area contributed by atoms with Gasteiger partial charge in [0.25, 0.3) is 0 Å². The molecule has 10 heavy (non-hydrogen) atoms. The van der Waals surface area contributed by atoms with Gasteiger partial charge < -0.3 is 5.32 Å². The third-order valence-electron chi connectivity index (χ3n) is 1.08. The lowest BCUT2D eigenvalue weighted by molar-refractivity contribution is 0.843. The Kier molecular flexibility index (Phi) is 5.94. The van der Waals surface area contributed by atoms with Gasteiger partial charge in [-0.1, -0.05) is 17.7 Å². The maximum atomic E-state index is 3.21. The number of allylic oxidation sites excluding steroid dienone is 2. The molecule has 0 aromatic rings. The zero-order chi connectivity index (χ0) is 7.82. The molecule has 1 N–H and O–H groups in total. The van der Waals surface area contributed by atoms with E-state index in [0.717, 1.165) is 13.0 Å². The predicted octanol–water partition coefficient (Wildman–Crippen LogP) is 2.47. The molecule has 0 saturated heterocycles. The van der Waals surface area contributed by atoms with Gasteiger partial charge in [-0.05, 0) is 33.4 Å². The van der Waals surface area contributed by atoms with Gasteiger partial charge >= 0.3 is 0 Å². The number of nitrogens with one attached hydrogen (secondary N) is 1. The van der Waals surface area contributed by atoms with Gasteiger partial charge in [-0.3, -0.25) is 0 Å². The van der Waals surface area contributed by atoms with Gasteiger partial charge in [-0.2, -0.15) is 0 Å². The molecule has 0 aliphatic heterocycles. The van der Waals surface area contributed by atoms with E-state index in [0.29, 0.717) is 0 Å². The summed E-state index contributed by atoms with van der Waals surface area (Å²) in [7, 11) is 0. The summed E-state index contributed by atoms with van der Waals surface area (Å²) in [5.41, 5.74) is 1.32. The minimum Gasteiger partial charge on any atom is -0.391 e. The minimum absolute atomic E-state index is 1.04. The summed E-state index contributed by atoms with van der Waals surface area (Å²) in [4.78, 5) is 0. The van der Waals surface area contributed by atoms with Crippen LogP contribution in [0.5, 0.6) is 0 Å². The standard InChI is InChI=1S/C9H17N/c1-4-5-6-7-10-8-9(2)3/h4-5,8,10H,6-7H2,1-3H3/b5-4-. The van der Waals surface area contributed by atoms with Crippen molar-refractivity contribution in [1.82, 2.24) is 5.32 Å². The minimum atomic E-state index is 1.04. The monoisotopic (exact) mass is 139 g/mol. The van der Waals surface area contributed by atoms with Crippen LogP contribution in [0.2, 0.25) is 0 Å². The highest BCUT2D eigenvalue weighted by atomic mass is 14.8. The van der Waals surface area contributed by atoms with E-state index >= 15 is 0 Å². The van der Waals surface area contributed by atoms with Gasteiger partial charge in [-0.15, -0.1) is 0 Å². The topological polar surface area (TPSA) is 12.0 Å². The first-order valence-corrected chi connectivity index (χ1v) is 3.75. The van der Waals surface area contributed by atoms with Crippen molar-refractivity contribution in [3.05, 3.63) is 23.9 Å². The Balaban J connectivity index is 3.13. The Labute approximate surface area is 63.8 Å². The van der Waals surface area contributed by atoms with Crippen LogP contribution < -0.4 is 5.32 Å². The summed E-state index contributed by atoms with van der Waals surface area (Å²) in [5.74, 6) is 0. The van der Waals surface area contributed by atoms with Gasteiger partial charge in [-0.25, -0.2) is 0 Å². The average molecular weight is 139 g/mol. The zero-order valence-corrected chi connectivity index (χ0v) is 7.15. The molecule has 0 aromatic heterocycles. The molecule has 0 atom stereocenters. The molecule has 0 spiro atoms.